The highest BCUT2D eigenvalue weighted by atomic mass is 16.3. The number of hydrogen-bond donors (Lipinski definition) is 3. The number of amides is 2. The Bertz CT molecular complexity index is 836. The summed E-state index contributed by atoms with van der Waals surface area (Å²) < 4.78 is 5.73. The van der Waals surface area contributed by atoms with Crippen LogP contribution in [0.4, 0.5) is 10.5 Å². The van der Waals surface area contributed by atoms with Crippen molar-refractivity contribution in [2.75, 3.05) is 11.9 Å². The largest absolute Gasteiger partial charge is 0.436 e. The van der Waals surface area contributed by atoms with Crippen molar-refractivity contribution in [2.45, 2.75) is 25.8 Å². The lowest BCUT2D eigenvalue weighted by Crippen LogP contribution is -2.46. The van der Waals surface area contributed by atoms with Crippen LogP contribution in [0.15, 0.2) is 52.9 Å². The van der Waals surface area contributed by atoms with Gasteiger partial charge in [-0.25, -0.2) is 9.78 Å². The average molecular weight is 339 g/mol. The van der Waals surface area contributed by atoms with Gasteiger partial charge in [-0.05, 0) is 56.7 Å². The van der Waals surface area contributed by atoms with Crippen molar-refractivity contribution in [2.24, 2.45) is 0 Å². The molecule has 3 aromatic rings. The lowest BCUT2D eigenvalue weighted by Gasteiger charge is -2.25. The fourth-order valence-corrected chi connectivity index (χ4v) is 2.50. The van der Waals surface area contributed by atoms with Gasteiger partial charge in [0.15, 0.2) is 5.58 Å². The summed E-state index contributed by atoms with van der Waals surface area (Å²) >= 11 is 0. The van der Waals surface area contributed by atoms with Gasteiger partial charge in [-0.2, -0.15) is 0 Å². The number of carbonyl (C=O) groups excluding carboxylic acids is 1. The number of anilines is 1. The SMILES string of the molecule is CC(C)(CCO)NC(=O)Nc1ccc(-c2nc3ccccc3o2)cc1. The smallest absolute Gasteiger partial charge is 0.319 e. The van der Waals surface area contributed by atoms with Crippen LogP contribution in [0.5, 0.6) is 0 Å². The number of aliphatic hydroxyl groups excluding tert-OH is 1. The van der Waals surface area contributed by atoms with E-state index in [0.717, 1.165) is 16.7 Å². The Kier molecular flexibility index (Phi) is 4.72. The number of nitrogens with zero attached hydrogens (tertiary/aromatic N) is 1. The molecule has 0 aliphatic heterocycles. The number of aliphatic hydroxyl groups is 1. The van der Waals surface area contributed by atoms with Crippen LogP contribution in [-0.2, 0) is 0 Å². The molecule has 3 rings (SSSR count). The molecule has 0 bridgehead atoms. The predicted octanol–water partition coefficient (Wildman–Crippen LogP) is 3.78. The van der Waals surface area contributed by atoms with Crippen molar-refractivity contribution in [3.8, 4) is 11.5 Å². The molecule has 130 valence electrons. The van der Waals surface area contributed by atoms with Crippen LogP contribution in [0.25, 0.3) is 22.6 Å². The second-order valence-electron chi connectivity index (χ2n) is 6.50. The molecule has 0 saturated heterocycles. The van der Waals surface area contributed by atoms with Gasteiger partial charge >= 0.3 is 6.03 Å². The van der Waals surface area contributed by atoms with Crippen LogP contribution >= 0.6 is 0 Å². The first-order chi connectivity index (χ1) is 12.0. The third-order valence-electron chi connectivity index (χ3n) is 3.87. The second-order valence-corrected chi connectivity index (χ2v) is 6.50. The summed E-state index contributed by atoms with van der Waals surface area (Å²) in [5.74, 6) is 0.543. The number of fused-ring (bicyclic) bond motifs is 1. The Labute approximate surface area is 145 Å². The topological polar surface area (TPSA) is 87.4 Å². The number of para-hydroxylation sites is 2. The summed E-state index contributed by atoms with van der Waals surface area (Å²) in [5.41, 5.74) is 2.58. The minimum Gasteiger partial charge on any atom is -0.436 e. The predicted molar refractivity (Wildman–Crippen MR) is 97.4 cm³/mol. The highest BCUT2D eigenvalue weighted by molar-refractivity contribution is 5.90. The highest BCUT2D eigenvalue weighted by Crippen LogP contribution is 2.25. The molecule has 1 aromatic heterocycles. The van der Waals surface area contributed by atoms with Gasteiger partial charge in [0.05, 0.1) is 0 Å². The van der Waals surface area contributed by atoms with Crippen LogP contribution in [0.2, 0.25) is 0 Å². The molecule has 2 aromatic carbocycles. The summed E-state index contributed by atoms with van der Waals surface area (Å²) in [7, 11) is 0. The molecule has 0 aliphatic rings. The molecule has 1 heterocycles. The van der Waals surface area contributed by atoms with E-state index < -0.39 is 5.54 Å². The summed E-state index contributed by atoms with van der Waals surface area (Å²) in [6.45, 7) is 3.74. The normalized spacial score (nSPS) is 11.5. The third kappa shape index (κ3) is 4.16. The van der Waals surface area contributed by atoms with Gasteiger partial charge in [-0.1, -0.05) is 12.1 Å². The van der Waals surface area contributed by atoms with Crippen molar-refractivity contribution < 1.29 is 14.3 Å². The molecule has 0 saturated carbocycles. The van der Waals surface area contributed by atoms with Crippen LogP contribution in [-0.4, -0.2) is 28.3 Å². The van der Waals surface area contributed by atoms with E-state index in [4.69, 9.17) is 9.52 Å². The molecule has 0 atom stereocenters. The lowest BCUT2D eigenvalue weighted by atomic mass is 10.0. The van der Waals surface area contributed by atoms with E-state index in [1.807, 2.05) is 50.2 Å². The maximum atomic E-state index is 12.0. The summed E-state index contributed by atoms with van der Waals surface area (Å²) in [5, 5.41) is 14.6. The lowest BCUT2D eigenvalue weighted by molar-refractivity contribution is 0.218. The first kappa shape index (κ1) is 17.0. The van der Waals surface area contributed by atoms with Gasteiger partial charge in [0, 0.05) is 23.4 Å². The number of oxazole rings is 1. The molecule has 25 heavy (non-hydrogen) atoms. The number of nitrogens with one attached hydrogen (secondary N) is 2. The monoisotopic (exact) mass is 339 g/mol. The van der Waals surface area contributed by atoms with Crippen molar-refractivity contribution in [1.82, 2.24) is 10.3 Å². The Morgan fingerprint density at radius 2 is 1.88 bits per heavy atom. The van der Waals surface area contributed by atoms with Crippen molar-refractivity contribution in [3.63, 3.8) is 0 Å². The molecule has 0 spiro atoms. The van der Waals surface area contributed by atoms with Gasteiger partial charge in [-0.3, -0.25) is 0 Å². The van der Waals surface area contributed by atoms with E-state index >= 15 is 0 Å². The number of benzene rings is 2. The maximum Gasteiger partial charge on any atom is 0.319 e. The first-order valence-electron chi connectivity index (χ1n) is 8.13. The zero-order chi connectivity index (χ0) is 17.9. The quantitative estimate of drug-likeness (QED) is 0.660. The second kappa shape index (κ2) is 6.94. The fourth-order valence-electron chi connectivity index (χ4n) is 2.50. The number of urea groups is 1. The molecule has 0 fully saturated rings. The van der Waals surface area contributed by atoms with Gasteiger partial charge in [0.2, 0.25) is 5.89 Å². The molecule has 3 N–H and O–H groups in total. The number of rotatable bonds is 5. The Morgan fingerprint density at radius 3 is 2.56 bits per heavy atom. The summed E-state index contributed by atoms with van der Waals surface area (Å²) in [4.78, 5) is 16.5. The summed E-state index contributed by atoms with van der Waals surface area (Å²) in [6, 6.07) is 14.6. The maximum absolute atomic E-state index is 12.0. The van der Waals surface area contributed by atoms with Crippen LogP contribution < -0.4 is 10.6 Å². The number of carbonyl (C=O) groups is 1. The third-order valence-corrected chi connectivity index (χ3v) is 3.87. The van der Waals surface area contributed by atoms with E-state index in [1.54, 1.807) is 12.1 Å². The van der Waals surface area contributed by atoms with Gasteiger partial charge < -0.3 is 20.2 Å². The van der Waals surface area contributed by atoms with E-state index in [9.17, 15) is 4.79 Å². The molecule has 0 aliphatic carbocycles. The number of aromatic nitrogens is 1. The molecular formula is C19H21N3O3. The van der Waals surface area contributed by atoms with Crippen molar-refractivity contribution in [3.05, 3.63) is 48.5 Å². The Hall–Kier alpha value is -2.86. The van der Waals surface area contributed by atoms with E-state index in [2.05, 4.69) is 15.6 Å². The van der Waals surface area contributed by atoms with E-state index in [1.165, 1.54) is 0 Å². The first-order valence-corrected chi connectivity index (χ1v) is 8.13. The highest BCUT2D eigenvalue weighted by Gasteiger charge is 2.19. The molecular weight excluding hydrogens is 318 g/mol. The summed E-state index contributed by atoms with van der Waals surface area (Å²) in [6.07, 6.45) is 0.483. The van der Waals surface area contributed by atoms with Crippen LogP contribution in [0.1, 0.15) is 20.3 Å². The van der Waals surface area contributed by atoms with Crippen molar-refractivity contribution in [1.29, 1.82) is 0 Å². The average Bonchev–Trinajstić information content (AvgIpc) is 2.98. The Balaban J connectivity index is 1.69. The minimum absolute atomic E-state index is 0.0203. The molecule has 0 unspecified atom stereocenters. The van der Waals surface area contributed by atoms with Crippen molar-refractivity contribution >= 4 is 22.8 Å². The zero-order valence-electron chi connectivity index (χ0n) is 14.2. The number of hydrogen-bond acceptors (Lipinski definition) is 4. The van der Waals surface area contributed by atoms with Crippen LogP contribution in [0, 0.1) is 0 Å². The van der Waals surface area contributed by atoms with Gasteiger partial charge in [0.1, 0.15) is 5.52 Å². The minimum atomic E-state index is -0.475. The fraction of sp³-hybridized carbons (Fsp3) is 0.263. The van der Waals surface area contributed by atoms with E-state index in [-0.39, 0.29) is 12.6 Å². The van der Waals surface area contributed by atoms with E-state index in [0.29, 0.717) is 18.0 Å². The van der Waals surface area contributed by atoms with Gasteiger partial charge in [0.25, 0.3) is 0 Å². The standard InChI is InChI=1S/C19H21N3O3/c1-19(2,11-12-23)22-18(24)20-14-9-7-13(8-10-14)17-21-15-5-3-4-6-16(15)25-17/h3-10,23H,11-12H2,1-2H3,(H2,20,22,24). The molecule has 0 radical (unpaired) electrons. The molecule has 6 nitrogen and oxygen atoms in total. The van der Waals surface area contributed by atoms with Crippen LogP contribution in [0.3, 0.4) is 0 Å². The molecule has 6 heteroatoms. The Morgan fingerprint density at radius 1 is 1.16 bits per heavy atom. The van der Waals surface area contributed by atoms with Gasteiger partial charge in [-0.15, -0.1) is 0 Å². The zero-order valence-corrected chi connectivity index (χ0v) is 14.2. The molecule has 2 amide bonds.